The smallest absolute Gasteiger partial charge is 0.258 e. The molecule has 0 atom stereocenters. The summed E-state index contributed by atoms with van der Waals surface area (Å²) < 4.78 is 6.77. The summed E-state index contributed by atoms with van der Waals surface area (Å²) in [4.78, 5) is 11.9. The van der Waals surface area contributed by atoms with E-state index in [1.54, 1.807) is 30.9 Å². The van der Waals surface area contributed by atoms with Crippen LogP contribution in [0.2, 0.25) is 0 Å². The first-order valence-electron chi connectivity index (χ1n) is 4.78. The van der Waals surface area contributed by atoms with Crippen molar-refractivity contribution in [1.29, 1.82) is 0 Å². The van der Waals surface area contributed by atoms with Gasteiger partial charge in [0.05, 0.1) is 7.11 Å². The standard InChI is InChI=1S/C12H13NO2/c1-8-6-9-7-10(15-3)4-5-11(9)12(14)13(8)2/h4-7H,1-3H3. The van der Waals surface area contributed by atoms with Gasteiger partial charge in [0.15, 0.2) is 0 Å². The Morgan fingerprint density at radius 3 is 2.67 bits per heavy atom. The monoisotopic (exact) mass is 203 g/mol. The van der Waals surface area contributed by atoms with Crippen molar-refractivity contribution in [3.05, 3.63) is 40.3 Å². The number of ether oxygens (including phenoxy) is 1. The molecule has 3 nitrogen and oxygen atoms in total. The lowest BCUT2D eigenvalue weighted by Gasteiger charge is -2.07. The molecule has 0 bridgehead atoms. The fourth-order valence-electron chi connectivity index (χ4n) is 1.64. The van der Waals surface area contributed by atoms with Crippen LogP contribution in [0, 0.1) is 6.92 Å². The molecule has 1 heterocycles. The van der Waals surface area contributed by atoms with Gasteiger partial charge in [-0.25, -0.2) is 0 Å². The number of fused-ring (bicyclic) bond motifs is 1. The maximum atomic E-state index is 11.9. The first-order valence-corrected chi connectivity index (χ1v) is 4.78. The average Bonchev–Trinajstić information content (AvgIpc) is 2.25. The molecule has 0 unspecified atom stereocenters. The van der Waals surface area contributed by atoms with Gasteiger partial charge in [0, 0.05) is 18.1 Å². The summed E-state index contributed by atoms with van der Waals surface area (Å²) in [5.41, 5.74) is 0.980. The second-order valence-electron chi connectivity index (χ2n) is 3.60. The van der Waals surface area contributed by atoms with Crippen molar-refractivity contribution in [3.63, 3.8) is 0 Å². The minimum atomic E-state index is 0.0349. The third-order valence-electron chi connectivity index (χ3n) is 2.69. The van der Waals surface area contributed by atoms with Crippen molar-refractivity contribution in [1.82, 2.24) is 4.57 Å². The number of benzene rings is 1. The highest BCUT2D eigenvalue weighted by Crippen LogP contribution is 2.18. The van der Waals surface area contributed by atoms with Gasteiger partial charge in [-0.1, -0.05) is 0 Å². The number of methoxy groups -OCH3 is 1. The maximum absolute atomic E-state index is 11.9. The molecule has 0 spiro atoms. The van der Waals surface area contributed by atoms with Crippen LogP contribution < -0.4 is 10.3 Å². The summed E-state index contributed by atoms with van der Waals surface area (Å²) in [7, 11) is 3.40. The number of aryl methyl sites for hydroxylation is 1. The molecule has 0 aliphatic heterocycles. The zero-order chi connectivity index (χ0) is 11.0. The van der Waals surface area contributed by atoms with Gasteiger partial charge in [0.1, 0.15) is 5.75 Å². The summed E-state index contributed by atoms with van der Waals surface area (Å²) in [6, 6.07) is 7.47. The Morgan fingerprint density at radius 2 is 2.00 bits per heavy atom. The van der Waals surface area contributed by atoms with Crippen LogP contribution in [0.5, 0.6) is 5.75 Å². The Labute approximate surface area is 87.9 Å². The van der Waals surface area contributed by atoms with Gasteiger partial charge in [-0.3, -0.25) is 4.79 Å². The van der Waals surface area contributed by atoms with Gasteiger partial charge < -0.3 is 9.30 Å². The van der Waals surface area contributed by atoms with E-state index in [0.29, 0.717) is 0 Å². The third kappa shape index (κ3) is 1.50. The summed E-state index contributed by atoms with van der Waals surface area (Å²) in [6.07, 6.45) is 0. The minimum Gasteiger partial charge on any atom is -0.497 e. The van der Waals surface area contributed by atoms with E-state index >= 15 is 0 Å². The summed E-state index contributed by atoms with van der Waals surface area (Å²) in [6.45, 7) is 1.92. The molecule has 0 saturated heterocycles. The molecule has 78 valence electrons. The van der Waals surface area contributed by atoms with Crippen LogP contribution in [0.25, 0.3) is 10.8 Å². The van der Waals surface area contributed by atoms with Crippen LogP contribution in [0.4, 0.5) is 0 Å². The van der Waals surface area contributed by atoms with Crippen molar-refractivity contribution >= 4 is 10.8 Å². The van der Waals surface area contributed by atoms with Gasteiger partial charge >= 0.3 is 0 Å². The third-order valence-corrected chi connectivity index (χ3v) is 2.69. The first-order chi connectivity index (χ1) is 7.13. The summed E-state index contributed by atoms with van der Waals surface area (Å²) >= 11 is 0. The van der Waals surface area contributed by atoms with Gasteiger partial charge in [0.2, 0.25) is 0 Å². The highest BCUT2D eigenvalue weighted by Gasteiger charge is 2.04. The number of nitrogens with zero attached hydrogens (tertiary/aromatic N) is 1. The van der Waals surface area contributed by atoms with E-state index in [1.807, 2.05) is 19.1 Å². The second kappa shape index (κ2) is 3.42. The van der Waals surface area contributed by atoms with E-state index in [1.165, 1.54) is 0 Å². The molecule has 1 aromatic carbocycles. The average molecular weight is 203 g/mol. The Morgan fingerprint density at radius 1 is 1.27 bits per heavy atom. The largest absolute Gasteiger partial charge is 0.497 e. The minimum absolute atomic E-state index is 0.0349. The molecule has 15 heavy (non-hydrogen) atoms. The van der Waals surface area contributed by atoms with Crippen LogP contribution >= 0.6 is 0 Å². The van der Waals surface area contributed by atoms with Crippen LogP contribution in [0.15, 0.2) is 29.1 Å². The summed E-state index contributed by atoms with van der Waals surface area (Å²) in [5.74, 6) is 0.773. The molecule has 0 amide bonds. The Hall–Kier alpha value is -1.77. The normalized spacial score (nSPS) is 10.6. The van der Waals surface area contributed by atoms with E-state index in [2.05, 4.69) is 0 Å². The molecule has 0 radical (unpaired) electrons. The number of aromatic nitrogens is 1. The molecule has 0 saturated carbocycles. The van der Waals surface area contributed by atoms with Crippen molar-refractivity contribution in [2.24, 2.45) is 7.05 Å². The summed E-state index contributed by atoms with van der Waals surface area (Å²) in [5, 5.41) is 1.65. The molecule has 2 aromatic rings. The van der Waals surface area contributed by atoms with Gasteiger partial charge in [-0.15, -0.1) is 0 Å². The van der Waals surface area contributed by atoms with E-state index in [0.717, 1.165) is 22.2 Å². The quantitative estimate of drug-likeness (QED) is 0.708. The molecule has 0 aliphatic rings. The zero-order valence-corrected chi connectivity index (χ0v) is 9.07. The molecule has 2 rings (SSSR count). The van der Waals surface area contributed by atoms with Crippen molar-refractivity contribution < 1.29 is 4.74 Å². The van der Waals surface area contributed by atoms with E-state index in [9.17, 15) is 4.79 Å². The van der Waals surface area contributed by atoms with Crippen molar-refractivity contribution in [3.8, 4) is 5.75 Å². The fourth-order valence-corrected chi connectivity index (χ4v) is 1.64. The second-order valence-corrected chi connectivity index (χ2v) is 3.60. The van der Waals surface area contributed by atoms with Gasteiger partial charge in [-0.05, 0) is 36.6 Å². The molecule has 3 heteroatoms. The lowest BCUT2D eigenvalue weighted by molar-refractivity contribution is 0.415. The van der Waals surface area contributed by atoms with Crippen LogP contribution in [0.1, 0.15) is 5.69 Å². The van der Waals surface area contributed by atoms with Crippen molar-refractivity contribution in [2.75, 3.05) is 7.11 Å². The lowest BCUT2D eigenvalue weighted by Crippen LogP contribution is -2.18. The number of hydrogen-bond acceptors (Lipinski definition) is 2. The van der Waals surface area contributed by atoms with Crippen LogP contribution in [-0.2, 0) is 7.05 Å². The highest BCUT2D eigenvalue weighted by atomic mass is 16.5. The topological polar surface area (TPSA) is 31.2 Å². The number of pyridine rings is 1. The number of hydrogen-bond donors (Lipinski definition) is 0. The molecule has 0 fully saturated rings. The maximum Gasteiger partial charge on any atom is 0.258 e. The lowest BCUT2D eigenvalue weighted by atomic mass is 10.1. The Kier molecular flexibility index (Phi) is 2.23. The van der Waals surface area contributed by atoms with E-state index in [-0.39, 0.29) is 5.56 Å². The predicted octanol–water partition coefficient (Wildman–Crippen LogP) is 1.86. The molecule has 1 aromatic heterocycles. The van der Waals surface area contributed by atoms with Gasteiger partial charge in [-0.2, -0.15) is 0 Å². The molecular formula is C12H13NO2. The van der Waals surface area contributed by atoms with Crippen molar-refractivity contribution in [2.45, 2.75) is 6.92 Å². The van der Waals surface area contributed by atoms with Gasteiger partial charge in [0.25, 0.3) is 5.56 Å². The SMILES string of the molecule is COc1ccc2c(=O)n(C)c(C)cc2c1. The van der Waals surface area contributed by atoms with E-state index in [4.69, 9.17) is 4.74 Å². The van der Waals surface area contributed by atoms with Crippen LogP contribution in [-0.4, -0.2) is 11.7 Å². The highest BCUT2D eigenvalue weighted by molar-refractivity contribution is 5.83. The molecular weight excluding hydrogens is 190 g/mol. The Balaban J connectivity index is 2.86. The first kappa shape index (κ1) is 9.77. The fraction of sp³-hybridized carbons (Fsp3) is 0.250. The Bertz CT molecular complexity index is 570. The molecule has 0 N–H and O–H groups in total. The zero-order valence-electron chi connectivity index (χ0n) is 9.07. The number of rotatable bonds is 1. The van der Waals surface area contributed by atoms with Crippen LogP contribution in [0.3, 0.4) is 0 Å². The molecule has 0 aliphatic carbocycles. The van der Waals surface area contributed by atoms with E-state index < -0.39 is 0 Å². The predicted molar refractivity (Wildman–Crippen MR) is 60.5 cm³/mol.